The third kappa shape index (κ3) is 1.83. The van der Waals surface area contributed by atoms with Gasteiger partial charge < -0.3 is 4.57 Å². The summed E-state index contributed by atoms with van der Waals surface area (Å²) in [5, 5.41) is 0. The van der Waals surface area contributed by atoms with Gasteiger partial charge in [-0.2, -0.15) is 0 Å². The second-order valence-electron chi connectivity index (χ2n) is 4.20. The number of benzene rings is 1. The van der Waals surface area contributed by atoms with Crippen LogP contribution in [-0.2, 0) is 0 Å². The summed E-state index contributed by atoms with van der Waals surface area (Å²) in [7, 11) is 0. The van der Waals surface area contributed by atoms with E-state index in [4.69, 9.17) is 0 Å². The van der Waals surface area contributed by atoms with Gasteiger partial charge in [0.25, 0.3) is 0 Å². The zero-order valence-electron chi connectivity index (χ0n) is 9.56. The summed E-state index contributed by atoms with van der Waals surface area (Å²) in [4.78, 5) is 0. The van der Waals surface area contributed by atoms with Crippen molar-refractivity contribution in [3.8, 4) is 5.69 Å². The van der Waals surface area contributed by atoms with E-state index in [0.717, 1.165) is 0 Å². The van der Waals surface area contributed by atoms with E-state index < -0.39 is 0 Å². The Bertz CT molecular complexity index is 832. The molecule has 0 fully saturated rings. The van der Waals surface area contributed by atoms with Crippen LogP contribution in [0.4, 0.5) is 0 Å². The van der Waals surface area contributed by atoms with Crippen LogP contribution in [0.25, 0.3) is 26.1 Å². The van der Waals surface area contributed by atoms with Crippen molar-refractivity contribution < 1.29 is 0 Å². The molecule has 0 atom stereocenters. The maximum absolute atomic E-state index is 3.60. The molecule has 1 aromatic carbocycles. The Morgan fingerprint density at radius 3 is 1.84 bits per heavy atom. The molecule has 0 bridgehead atoms. The number of hydrogen-bond acceptors (Lipinski definition) is 2. The quantitative estimate of drug-likeness (QED) is 0.339. The summed E-state index contributed by atoms with van der Waals surface area (Å²) in [6.07, 6.45) is 0. The summed E-state index contributed by atoms with van der Waals surface area (Å²) in [6, 6.07) is 14.9. The summed E-state index contributed by atoms with van der Waals surface area (Å²) in [6.45, 7) is 0. The number of para-hydroxylation sites is 1. The first kappa shape index (κ1) is 12.1. The van der Waals surface area contributed by atoms with Crippen LogP contribution in [0.1, 0.15) is 0 Å². The van der Waals surface area contributed by atoms with Crippen LogP contribution in [0.15, 0.2) is 50.0 Å². The molecule has 0 saturated heterocycles. The molecule has 3 heterocycles. The molecule has 0 amide bonds. The Balaban J connectivity index is 2.20. The molecule has 0 saturated carbocycles. The molecule has 1 nitrogen and oxygen atoms in total. The largest absolute Gasteiger partial charge is 0.307 e. The highest BCUT2D eigenvalue weighted by atomic mass is 79.9. The fraction of sp³-hybridized carbons (Fsp3) is 0. The van der Waals surface area contributed by atoms with E-state index in [-0.39, 0.29) is 0 Å². The molecule has 0 radical (unpaired) electrons. The van der Waals surface area contributed by atoms with Crippen molar-refractivity contribution in [2.45, 2.75) is 0 Å². The van der Waals surface area contributed by atoms with Crippen LogP contribution in [0.2, 0.25) is 0 Å². The standard InChI is InChI=1S/C14H7Br2NS2/c15-11-6-9-13(18-11)14-10(7-12(16)19-14)17(9)8-4-2-1-3-5-8/h1-7H. The highest BCUT2D eigenvalue weighted by molar-refractivity contribution is 9.11. The Morgan fingerprint density at radius 2 is 1.32 bits per heavy atom. The molecule has 0 aliphatic heterocycles. The normalized spacial score (nSPS) is 11.7. The monoisotopic (exact) mass is 411 g/mol. The molecule has 4 rings (SSSR count). The van der Waals surface area contributed by atoms with Crippen molar-refractivity contribution in [3.63, 3.8) is 0 Å². The molecule has 0 spiro atoms. The number of halogens is 2. The Hall–Kier alpha value is -0.620. The molecule has 4 aromatic rings. The first-order valence-electron chi connectivity index (χ1n) is 5.68. The van der Waals surface area contributed by atoms with Crippen molar-refractivity contribution in [2.75, 3.05) is 0 Å². The molecule has 0 aliphatic rings. The predicted molar refractivity (Wildman–Crippen MR) is 91.9 cm³/mol. The van der Waals surface area contributed by atoms with Crippen LogP contribution < -0.4 is 0 Å². The zero-order chi connectivity index (χ0) is 13.0. The molecule has 3 aromatic heterocycles. The lowest BCUT2D eigenvalue weighted by Gasteiger charge is -2.04. The van der Waals surface area contributed by atoms with E-state index in [1.807, 2.05) is 0 Å². The van der Waals surface area contributed by atoms with Crippen LogP contribution in [0.3, 0.4) is 0 Å². The maximum Gasteiger partial charge on any atom is 0.0727 e. The third-order valence-corrected chi connectivity index (χ3v) is 6.49. The Labute approximate surface area is 134 Å². The van der Waals surface area contributed by atoms with Gasteiger partial charge in [0.15, 0.2) is 0 Å². The lowest BCUT2D eigenvalue weighted by atomic mass is 10.3. The Kier molecular flexibility index (Phi) is 2.84. The fourth-order valence-electron chi connectivity index (χ4n) is 2.35. The number of nitrogens with zero attached hydrogens (tertiary/aromatic N) is 1. The second kappa shape index (κ2) is 4.45. The molecular weight excluding hydrogens is 406 g/mol. The van der Waals surface area contributed by atoms with Gasteiger partial charge in [-0.25, -0.2) is 0 Å². The molecule has 0 aliphatic carbocycles. The van der Waals surface area contributed by atoms with E-state index in [1.54, 1.807) is 22.7 Å². The van der Waals surface area contributed by atoms with E-state index in [2.05, 4.69) is 78.9 Å². The summed E-state index contributed by atoms with van der Waals surface area (Å²) in [5.41, 5.74) is 3.76. The average Bonchev–Trinajstić information content (AvgIpc) is 3.00. The number of hydrogen-bond donors (Lipinski definition) is 0. The molecular formula is C14H7Br2NS2. The summed E-state index contributed by atoms with van der Waals surface area (Å²) >= 11 is 10.8. The van der Waals surface area contributed by atoms with Crippen molar-refractivity contribution in [2.24, 2.45) is 0 Å². The lowest BCUT2D eigenvalue weighted by molar-refractivity contribution is 1.18. The van der Waals surface area contributed by atoms with Gasteiger partial charge in [-0.15, -0.1) is 22.7 Å². The van der Waals surface area contributed by atoms with Crippen LogP contribution in [0.5, 0.6) is 0 Å². The molecule has 19 heavy (non-hydrogen) atoms. The van der Waals surface area contributed by atoms with Crippen molar-refractivity contribution in [3.05, 3.63) is 50.0 Å². The van der Waals surface area contributed by atoms with Crippen LogP contribution >= 0.6 is 54.5 Å². The van der Waals surface area contributed by atoms with E-state index in [0.29, 0.717) is 0 Å². The van der Waals surface area contributed by atoms with Gasteiger partial charge in [0, 0.05) is 5.69 Å². The molecule has 5 heteroatoms. The third-order valence-electron chi connectivity index (χ3n) is 3.07. The van der Waals surface area contributed by atoms with Gasteiger partial charge >= 0.3 is 0 Å². The molecule has 0 unspecified atom stereocenters. The van der Waals surface area contributed by atoms with Crippen molar-refractivity contribution in [1.82, 2.24) is 4.57 Å². The first-order chi connectivity index (χ1) is 9.24. The summed E-state index contributed by atoms with van der Waals surface area (Å²) in [5.74, 6) is 0. The van der Waals surface area contributed by atoms with E-state index >= 15 is 0 Å². The number of aromatic nitrogens is 1. The minimum Gasteiger partial charge on any atom is -0.307 e. The number of fused-ring (bicyclic) bond motifs is 3. The maximum atomic E-state index is 3.60. The minimum absolute atomic E-state index is 1.17. The van der Waals surface area contributed by atoms with E-state index in [1.165, 1.54) is 33.7 Å². The van der Waals surface area contributed by atoms with Gasteiger partial charge in [0.2, 0.25) is 0 Å². The van der Waals surface area contributed by atoms with Crippen LogP contribution in [0, 0.1) is 0 Å². The zero-order valence-corrected chi connectivity index (χ0v) is 14.4. The SMILES string of the molecule is Brc1cc2c(s1)c1sc(Br)cc1n2-c1ccccc1. The fourth-order valence-corrected chi connectivity index (χ4v) is 5.64. The van der Waals surface area contributed by atoms with Gasteiger partial charge in [0.05, 0.1) is 28.0 Å². The predicted octanol–water partition coefficient (Wildman–Crippen LogP) is 6.43. The minimum atomic E-state index is 1.17. The number of rotatable bonds is 1. The highest BCUT2D eigenvalue weighted by Crippen LogP contribution is 2.44. The summed E-state index contributed by atoms with van der Waals surface area (Å²) < 4.78 is 7.37. The molecule has 0 N–H and O–H groups in total. The van der Waals surface area contributed by atoms with Crippen molar-refractivity contribution in [1.29, 1.82) is 0 Å². The second-order valence-corrected chi connectivity index (χ2v) is 9.06. The molecule has 94 valence electrons. The smallest absolute Gasteiger partial charge is 0.0727 e. The van der Waals surface area contributed by atoms with Crippen LogP contribution in [-0.4, -0.2) is 4.57 Å². The van der Waals surface area contributed by atoms with E-state index in [9.17, 15) is 0 Å². The van der Waals surface area contributed by atoms with Gasteiger partial charge in [-0.3, -0.25) is 0 Å². The average molecular weight is 413 g/mol. The van der Waals surface area contributed by atoms with Crippen molar-refractivity contribution >= 4 is 75.0 Å². The Morgan fingerprint density at radius 1 is 0.789 bits per heavy atom. The lowest BCUT2D eigenvalue weighted by Crippen LogP contribution is -1.91. The first-order valence-corrected chi connectivity index (χ1v) is 8.90. The van der Waals surface area contributed by atoms with Gasteiger partial charge in [0.1, 0.15) is 0 Å². The van der Waals surface area contributed by atoms with Gasteiger partial charge in [-0.1, -0.05) is 18.2 Å². The highest BCUT2D eigenvalue weighted by Gasteiger charge is 2.17. The number of thiophene rings is 2. The van der Waals surface area contributed by atoms with Gasteiger partial charge in [-0.05, 0) is 56.1 Å². The topological polar surface area (TPSA) is 4.93 Å².